The third kappa shape index (κ3) is 2.70. The topological polar surface area (TPSA) is 97.7 Å². The van der Waals surface area contributed by atoms with Crippen LogP contribution in [0.4, 0.5) is 5.69 Å². The summed E-state index contributed by atoms with van der Waals surface area (Å²) in [5.74, 6) is 0.125. The Morgan fingerprint density at radius 2 is 2.39 bits per heavy atom. The molecule has 9 heteroatoms. The molecule has 23 heavy (non-hydrogen) atoms. The quantitative estimate of drug-likeness (QED) is 0.748. The van der Waals surface area contributed by atoms with Gasteiger partial charge in [-0.15, -0.1) is 16.4 Å². The van der Waals surface area contributed by atoms with Crippen molar-refractivity contribution in [2.75, 3.05) is 12.4 Å². The van der Waals surface area contributed by atoms with Crippen LogP contribution >= 0.6 is 11.3 Å². The summed E-state index contributed by atoms with van der Waals surface area (Å²) in [6, 6.07) is 0.418. The average molecular weight is 330 g/mol. The van der Waals surface area contributed by atoms with Gasteiger partial charge in [0.2, 0.25) is 0 Å². The van der Waals surface area contributed by atoms with Gasteiger partial charge in [0.1, 0.15) is 16.4 Å². The zero-order valence-corrected chi connectivity index (χ0v) is 13.1. The van der Waals surface area contributed by atoms with Crippen LogP contribution in [0.2, 0.25) is 0 Å². The van der Waals surface area contributed by atoms with Gasteiger partial charge in [0.25, 0.3) is 11.8 Å². The van der Waals surface area contributed by atoms with E-state index >= 15 is 0 Å². The van der Waals surface area contributed by atoms with Gasteiger partial charge in [-0.05, 0) is 12.8 Å². The summed E-state index contributed by atoms with van der Waals surface area (Å²) in [4.78, 5) is 16.7. The number of carbonyl (C=O) groups excluding carboxylic acids is 1. The number of nitrogens with one attached hydrogen (secondary N) is 2. The molecule has 0 bridgehead atoms. The molecular weight excluding hydrogens is 316 g/mol. The van der Waals surface area contributed by atoms with Crippen molar-refractivity contribution in [2.45, 2.75) is 18.9 Å². The molecule has 0 atom stereocenters. The Bertz CT molecular complexity index is 833. The second kappa shape index (κ2) is 5.51. The van der Waals surface area contributed by atoms with E-state index in [1.165, 1.54) is 18.4 Å². The van der Waals surface area contributed by atoms with Crippen molar-refractivity contribution in [3.8, 4) is 16.5 Å². The third-order valence-electron chi connectivity index (χ3n) is 3.54. The number of anilines is 1. The lowest BCUT2D eigenvalue weighted by Gasteiger charge is -2.01. The molecule has 0 radical (unpaired) electrons. The van der Waals surface area contributed by atoms with Crippen molar-refractivity contribution >= 4 is 22.9 Å². The fourth-order valence-corrected chi connectivity index (χ4v) is 2.98. The molecule has 0 aliphatic heterocycles. The van der Waals surface area contributed by atoms with Crippen molar-refractivity contribution in [3.63, 3.8) is 0 Å². The van der Waals surface area contributed by atoms with Crippen LogP contribution in [0.3, 0.4) is 0 Å². The van der Waals surface area contributed by atoms with Gasteiger partial charge in [-0.3, -0.25) is 14.6 Å². The van der Waals surface area contributed by atoms with Gasteiger partial charge in [0.15, 0.2) is 0 Å². The summed E-state index contributed by atoms with van der Waals surface area (Å²) < 4.78 is 7.07. The summed E-state index contributed by atoms with van der Waals surface area (Å²) in [6.45, 7) is 0. The highest BCUT2D eigenvalue weighted by molar-refractivity contribution is 7.13. The number of hydrogen-bond acceptors (Lipinski definition) is 6. The van der Waals surface area contributed by atoms with Gasteiger partial charge in [-0.2, -0.15) is 5.10 Å². The number of aromatic nitrogens is 5. The van der Waals surface area contributed by atoms with Gasteiger partial charge >= 0.3 is 0 Å². The third-order valence-corrected chi connectivity index (χ3v) is 4.43. The second-order valence-electron chi connectivity index (χ2n) is 5.24. The van der Waals surface area contributed by atoms with E-state index in [0.29, 0.717) is 23.3 Å². The second-order valence-corrected chi connectivity index (χ2v) is 6.10. The number of H-pyrrole nitrogens is 1. The lowest BCUT2D eigenvalue weighted by molar-refractivity contribution is 0.102. The van der Waals surface area contributed by atoms with Gasteiger partial charge in [0, 0.05) is 17.1 Å². The molecule has 4 rings (SSSR count). The summed E-state index contributed by atoms with van der Waals surface area (Å²) in [5, 5.41) is 16.2. The molecule has 0 aromatic carbocycles. The number of rotatable bonds is 5. The molecule has 3 aromatic heterocycles. The first-order chi connectivity index (χ1) is 11.2. The normalized spacial score (nSPS) is 14.0. The maximum absolute atomic E-state index is 12.4. The summed E-state index contributed by atoms with van der Waals surface area (Å²) >= 11 is 1.39. The van der Waals surface area contributed by atoms with Crippen LogP contribution in [-0.4, -0.2) is 38.0 Å². The SMILES string of the molecule is COc1nn(C2CC2)cc1NC(=O)c1csc(-c2cn[nH]c2)n1. The van der Waals surface area contributed by atoms with Gasteiger partial charge in [-0.25, -0.2) is 4.98 Å². The van der Waals surface area contributed by atoms with Crippen LogP contribution in [0.15, 0.2) is 24.0 Å². The van der Waals surface area contributed by atoms with E-state index in [-0.39, 0.29) is 5.91 Å². The Balaban J connectivity index is 1.53. The number of aromatic amines is 1. The van der Waals surface area contributed by atoms with Crippen molar-refractivity contribution in [1.29, 1.82) is 0 Å². The molecule has 1 amide bonds. The van der Waals surface area contributed by atoms with E-state index in [0.717, 1.165) is 23.4 Å². The monoisotopic (exact) mass is 330 g/mol. The van der Waals surface area contributed by atoms with E-state index in [9.17, 15) is 4.79 Å². The summed E-state index contributed by atoms with van der Waals surface area (Å²) in [7, 11) is 1.54. The molecule has 2 N–H and O–H groups in total. The number of hydrogen-bond donors (Lipinski definition) is 2. The fourth-order valence-electron chi connectivity index (χ4n) is 2.20. The predicted molar refractivity (Wildman–Crippen MR) is 84.7 cm³/mol. The fraction of sp³-hybridized carbons (Fsp3) is 0.286. The highest BCUT2D eigenvalue weighted by Gasteiger charge is 2.27. The number of thiazole rings is 1. The van der Waals surface area contributed by atoms with Crippen molar-refractivity contribution in [1.82, 2.24) is 25.0 Å². The number of methoxy groups -OCH3 is 1. The number of amides is 1. The molecule has 0 unspecified atom stereocenters. The van der Waals surface area contributed by atoms with Gasteiger partial charge in [0.05, 0.1) is 25.5 Å². The van der Waals surface area contributed by atoms with Crippen molar-refractivity contribution in [2.24, 2.45) is 0 Å². The zero-order valence-electron chi connectivity index (χ0n) is 12.3. The first-order valence-electron chi connectivity index (χ1n) is 7.14. The number of ether oxygens (including phenoxy) is 1. The average Bonchev–Trinajstić information content (AvgIpc) is 2.99. The van der Waals surface area contributed by atoms with Crippen LogP contribution in [0.5, 0.6) is 5.88 Å². The Hall–Kier alpha value is -2.68. The van der Waals surface area contributed by atoms with Crippen LogP contribution in [0, 0.1) is 0 Å². The van der Waals surface area contributed by atoms with E-state index < -0.39 is 0 Å². The molecule has 1 aliphatic carbocycles. The molecule has 3 aromatic rings. The van der Waals surface area contributed by atoms with Crippen LogP contribution in [0.1, 0.15) is 29.4 Å². The predicted octanol–water partition coefficient (Wildman–Crippen LogP) is 2.33. The number of nitrogens with zero attached hydrogens (tertiary/aromatic N) is 4. The maximum Gasteiger partial charge on any atom is 0.275 e. The first-order valence-corrected chi connectivity index (χ1v) is 8.01. The standard InChI is InChI=1S/C14H14N6O2S/c1-22-13-10(6-20(19-13)9-2-3-9)17-12(21)11-7-23-14(18-11)8-4-15-16-5-8/h4-7,9H,2-3H2,1H3,(H,15,16)(H,17,21). The lowest BCUT2D eigenvalue weighted by atomic mass is 10.4. The Morgan fingerprint density at radius 1 is 1.52 bits per heavy atom. The van der Waals surface area contributed by atoms with Gasteiger partial charge < -0.3 is 10.1 Å². The van der Waals surface area contributed by atoms with E-state index in [1.54, 1.807) is 24.0 Å². The molecule has 1 saturated carbocycles. The molecule has 8 nitrogen and oxygen atoms in total. The van der Waals surface area contributed by atoms with E-state index in [2.05, 4.69) is 25.6 Å². The van der Waals surface area contributed by atoms with E-state index in [1.807, 2.05) is 4.68 Å². The minimum absolute atomic E-state index is 0.287. The van der Waals surface area contributed by atoms with Crippen molar-refractivity contribution < 1.29 is 9.53 Å². The van der Waals surface area contributed by atoms with Crippen LogP contribution in [-0.2, 0) is 0 Å². The largest absolute Gasteiger partial charge is 0.478 e. The molecule has 1 aliphatic rings. The van der Waals surface area contributed by atoms with Crippen LogP contribution in [0.25, 0.3) is 10.6 Å². The highest BCUT2D eigenvalue weighted by atomic mass is 32.1. The lowest BCUT2D eigenvalue weighted by Crippen LogP contribution is -2.12. The molecule has 118 valence electrons. The Kier molecular flexibility index (Phi) is 3.34. The molecule has 3 heterocycles. The van der Waals surface area contributed by atoms with Gasteiger partial charge in [-0.1, -0.05) is 0 Å². The molecule has 1 fully saturated rings. The Morgan fingerprint density at radius 3 is 3.09 bits per heavy atom. The maximum atomic E-state index is 12.4. The molecule has 0 saturated heterocycles. The summed E-state index contributed by atoms with van der Waals surface area (Å²) in [5.41, 5.74) is 1.77. The molecule has 0 spiro atoms. The van der Waals surface area contributed by atoms with Crippen LogP contribution < -0.4 is 10.1 Å². The van der Waals surface area contributed by atoms with Crippen molar-refractivity contribution in [3.05, 3.63) is 29.7 Å². The Labute approximate surface area is 135 Å². The zero-order chi connectivity index (χ0) is 15.8. The number of carbonyl (C=O) groups is 1. The minimum atomic E-state index is -0.287. The van der Waals surface area contributed by atoms with E-state index in [4.69, 9.17) is 4.74 Å². The first kappa shape index (κ1) is 13.9. The molecular formula is C14H14N6O2S. The highest BCUT2D eigenvalue weighted by Crippen LogP contribution is 2.37. The summed E-state index contributed by atoms with van der Waals surface area (Å²) in [6.07, 6.45) is 7.43. The minimum Gasteiger partial charge on any atom is -0.478 e. The smallest absolute Gasteiger partial charge is 0.275 e.